The average molecular weight is 148 g/mol. The van der Waals surface area contributed by atoms with Crippen molar-refractivity contribution in [1.29, 1.82) is 0 Å². The average Bonchev–Trinajstić information content (AvgIpc) is 1.38. The molecule has 0 aromatic heterocycles. The van der Waals surface area contributed by atoms with Crippen LogP contribution in [0.1, 0.15) is 0 Å². The molecule has 0 aliphatic carbocycles. The van der Waals surface area contributed by atoms with E-state index in [1.807, 2.05) is 0 Å². The van der Waals surface area contributed by atoms with E-state index in [9.17, 15) is 0 Å². The third-order valence-electron chi connectivity index (χ3n) is 0.167. The Morgan fingerprint density at radius 2 is 1.75 bits per heavy atom. The number of halogens is 1. The molecule has 44 valence electrons. The molecule has 0 heterocycles. The molecule has 0 aliphatic heterocycles. The molecule has 0 saturated heterocycles. The topological polar surface area (TPSA) is 75.1 Å². The zero-order valence-corrected chi connectivity index (χ0v) is 7.53. The van der Waals surface area contributed by atoms with E-state index in [0.717, 1.165) is 6.08 Å². The molecule has 0 bridgehead atoms. The molecular formula is C3H7ClNNaO2. The van der Waals surface area contributed by atoms with E-state index >= 15 is 0 Å². The van der Waals surface area contributed by atoms with E-state index in [1.165, 1.54) is 0 Å². The van der Waals surface area contributed by atoms with Crippen molar-refractivity contribution in [3.63, 3.8) is 0 Å². The Bertz CT molecular complexity index is 68.3. The Labute approximate surface area is 76.4 Å². The standard InChI is InChI=1S/C3H4O2.ClH.H3N.Na/c1-2-3(4)5;;;/h2H,1H2,(H,4,5);1H;1H3;/q;;;+1/p-1. The summed E-state index contributed by atoms with van der Waals surface area (Å²) in [6.07, 6.45) is 0.722. The summed E-state index contributed by atoms with van der Waals surface area (Å²) in [6.45, 7) is 2.90. The van der Waals surface area contributed by atoms with Gasteiger partial charge in [0.15, 0.2) is 0 Å². The van der Waals surface area contributed by atoms with Crippen LogP contribution in [0.15, 0.2) is 12.7 Å². The van der Waals surface area contributed by atoms with Crippen LogP contribution in [0.4, 0.5) is 0 Å². The first-order valence-corrected chi connectivity index (χ1v) is 1.11. The van der Waals surface area contributed by atoms with Gasteiger partial charge in [-0.05, 0) is 6.08 Å². The van der Waals surface area contributed by atoms with E-state index in [2.05, 4.69) is 6.58 Å². The first kappa shape index (κ1) is 23.7. The van der Waals surface area contributed by atoms with Gasteiger partial charge in [0.25, 0.3) is 0 Å². The van der Waals surface area contributed by atoms with E-state index < -0.39 is 5.97 Å². The van der Waals surface area contributed by atoms with Gasteiger partial charge in [-0.2, -0.15) is 0 Å². The Hall–Kier alpha value is 0.460. The zero-order valence-electron chi connectivity index (χ0n) is 4.72. The fourth-order valence-corrected chi connectivity index (χ4v) is 0. The van der Waals surface area contributed by atoms with Gasteiger partial charge >= 0.3 is 29.6 Å². The molecule has 8 heavy (non-hydrogen) atoms. The Morgan fingerprint density at radius 3 is 1.75 bits per heavy atom. The molecule has 0 atom stereocenters. The van der Waals surface area contributed by atoms with E-state index in [1.54, 1.807) is 0 Å². The normalized spacial score (nSPS) is 4.00. The fourth-order valence-electron chi connectivity index (χ4n) is 0. The van der Waals surface area contributed by atoms with Gasteiger partial charge < -0.3 is 16.1 Å². The molecule has 0 saturated carbocycles. The van der Waals surface area contributed by atoms with Crippen molar-refractivity contribution in [2.24, 2.45) is 0 Å². The van der Waals surface area contributed by atoms with Crippen LogP contribution in [0.25, 0.3) is 0 Å². The molecule has 3 N–H and O–H groups in total. The molecule has 0 radical (unpaired) electrons. The van der Waals surface area contributed by atoms with Gasteiger partial charge in [0.1, 0.15) is 0 Å². The summed E-state index contributed by atoms with van der Waals surface area (Å²) in [6, 6.07) is 0. The smallest absolute Gasteiger partial charge is 0.545 e. The number of carbonyl (C=O) groups excluding carboxylic acids is 1. The van der Waals surface area contributed by atoms with Gasteiger partial charge in [-0.1, -0.05) is 6.58 Å². The van der Waals surface area contributed by atoms with Crippen LogP contribution in [0.2, 0.25) is 0 Å². The minimum Gasteiger partial charge on any atom is -0.545 e. The Balaban J connectivity index is -0.0000000267. The molecule has 0 aromatic rings. The van der Waals surface area contributed by atoms with Crippen molar-refractivity contribution in [3.8, 4) is 0 Å². The molecule has 0 aliphatic rings. The maximum Gasteiger partial charge on any atom is 1.00 e. The van der Waals surface area contributed by atoms with Gasteiger partial charge in [0, 0.05) is 0 Å². The van der Waals surface area contributed by atoms with Gasteiger partial charge in [0.2, 0.25) is 0 Å². The van der Waals surface area contributed by atoms with E-state index in [0.29, 0.717) is 0 Å². The molecule has 0 fully saturated rings. The predicted molar refractivity (Wildman–Crippen MR) is 27.5 cm³/mol. The number of carboxylic acid groups (broad SMARTS) is 1. The largest absolute Gasteiger partial charge is 1.00 e. The Kier molecular flexibility index (Phi) is 46.3. The summed E-state index contributed by atoms with van der Waals surface area (Å²) in [5.41, 5.74) is 0. The van der Waals surface area contributed by atoms with Crippen molar-refractivity contribution in [1.82, 2.24) is 6.15 Å². The minimum atomic E-state index is -1.23. The third-order valence-corrected chi connectivity index (χ3v) is 0.167. The predicted octanol–water partition coefficient (Wildman–Crippen LogP) is -3.49. The summed E-state index contributed by atoms with van der Waals surface area (Å²) in [5.74, 6) is -1.23. The number of aliphatic carboxylic acids is 1. The van der Waals surface area contributed by atoms with Crippen LogP contribution in [-0.2, 0) is 4.79 Å². The van der Waals surface area contributed by atoms with Crippen molar-refractivity contribution < 1.29 is 39.5 Å². The van der Waals surface area contributed by atoms with Crippen molar-refractivity contribution in [2.45, 2.75) is 0 Å². The maximum atomic E-state index is 9.14. The van der Waals surface area contributed by atoms with Gasteiger partial charge in [-0.3, -0.25) is 0 Å². The Morgan fingerprint density at radius 1 is 1.62 bits per heavy atom. The van der Waals surface area contributed by atoms with E-state index in [-0.39, 0.29) is 48.1 Å². The monoisotopic (exact) mass is 147 g/mol. The van der Waals surface area contributed by atoms with E-state index in [4.69, 9.17) is 9.90 Å². The van der Waals surface area contributed by atoms with Crippen LogP contribution in [0.3, 0.4) is 0 Å². The number of hydrogen-bond acceptors (Lipinski definition) is 3. The van der Waals surface area contributed by atoms with Crippen LogP contribution in [0, 0.1) is 0 Å². The zero-order chi connectivity index (χ0) is 4.28. The van der Waals surface area contributed by atoms with Crippen molar-refractivity contribution in [2.75, 3.05) is 0 Å². The molecule has 0 amide bonds. The molecule has 0 unspecified atom stereocenters. The van der Waals surface area contributed by atoms with Crippen molar-refractivity contribution in [3.05, 3.63) is 12.7 Å². The molecule has 0 rings (SSSR count). The maximum absolute atomic E-state index is 9.14. The summed E-state index contributed by atoms with van der Waals surface area (Å²) in [4.78, 5) is 9.14. The SMILES string of the molecule is C=CC(=O)[O-].Cl.N.[Na+]. The molecular weight excluding hydrogens is 140 g/mol. The minimum absolute atomic E-state index is 0. The second-order valence-electron chi connectivity index (χ2n) is 0.523. The van der Waals surface area contributed by atoms with Crippen molar-refractivity contribution >= 4 is 18.4 Å². The van der Waals surface area contributed by atoms with Gasteiger partial charge in [-0.25, -0.2) is 0 Å². The number of carbonyl (C=O) groups is 1. The second-order valence-corrected chi connectivity index (χ2v) is 0.523. The third kappa shape index (κ3) is 31.8. The number of rotatable bonds is 1. The first-order chi connectivity index (χ1) is 2.27. The molecule has 0 spiro atoms. The van der Waals surface area contributed by atoms with Gasteiger partial charge in [-0.15, -0.1) is 12.4 Å². The van der Waals surface area contributed by atoms with Crippen LogP contribution in [-0.4, -0.2) is 5.97 Å². The molecule has 5 heteroatoms. The number of carboxylic acids is 1. The van der Waals surface area contributed by atoms with Gasteiger partial charge in [0.05, 0.1) is 5.97 Å². The number of hydrogen-bond donors (Lipinski definition) is 1. The summed E-state index contributed by atoms with van der Waals surface area (Å²) < 4.78 is 0. The van der Waals surface area contributed by atoms with Crippen LogP contribution in [0.5, 0.6) is 0 Å². The van der Waals surface area contributed by atoms with Crippen LogP contribution >= 0.6 is 12.4 Å². The fraction of sp³-hybridized carbons (Fsp3) is 0. The molecule has 3 nitrogen and oxygen atoms in total. The first-order valence-electron chi connectivity index (χ1n) is 1.11. The summed E-state index contributed by atoms with van der Waals surface area (Å²) in [7, 11) is 0. The van der Waals surface area contributed by atoms with Crippen LogP contribution < -0.4 is 40.8 Å². The quantitative estimate of drug-likeness (QED) is 0.309. The summed E-state index contributed by atoms with van der Waals surface area (Å²) >= 11 is 0. The second kappa shape index (κ2) is 15.7. The molecule has 0 aromatic carbocycles. The summed E-state index contributed by atoms with van der Waals surface area (Å²) in [5, 5.41) is 9.14.